The van der Waals surface area contributed by atoms with Gasteiger partial charge in [-0.1, -0.05) is 185 Å². The molecule has 1 N–H and O–H groups in total. The van der Waals surface area contributed by atoms with Crippen molar-refractivity contribution in [3.63, 3.8) is 0 Å². The minimum Gasteiger partial charge on any atom is -0.463 e. The maximum Gasteiger partial charge on any atom is 0.309 e. The zero-order chi connectivity index (χ0) is 42.6. The lowest BCUT2D eigenvalue weighted by molar-refractivity contribution is -0.152. The molecule has 0 aromatic heterocycles. The number of amides is 1. The van der Waals surface area contributed by atoms with Gasteiger partial charge in [0.1, 0.15) is 13.2 Å². The highest BCUT2D eigenvalue weighted by Crippen LogP contribution is 2.21. The topological polar surface area (TPSA) is 84.9 Å². The predicted molar refractivity (Wildman–Crippen MR) is 248 cm³/mol. The van der Waals surface area contributed by atoms with Gasteiger partial charge < -0.3 is 19.7 Å². The molecule has 7 heteroatoms. The first kappa shape index (κ1) is 55.3. The van der Waals surface area contributed by atoms with Gasteiger partial charge in [-0.25, -0.2) is 0 Å². The lowest BCUT2D eigenvalue weighted by Gasteiger charge is -2.21. The summed E-state index contributed by atoms with van der Waals surface area (Å²) < 4.78 is 11.5. The molecule has 58 heavy (non-hydrogen) atoms. The van der Waals surface area contributed by atoms with Crippen molar-refractivity contribution in [1.29, 1.82) is 0 Å². The number of rotatable bonds is 42. The van der Waals surface area contributed by atoms with Crippen molar-refractivity contribution in [2.45, 2.75) is 219 Å². The standard InChI is InChI=1S/C51H92N2O5/c1-6-9-12-15-18-21-22-23-24-25-26-27-28-29-32-35-38-43-50(55)57-45-48(52-49(54)42-39-44-53(4)5)46-58-51(56)47(40-36-33-30-19-16-13-10-7-2)41-37-34-31-20-17-14-11-8-3/h18,21,23-24,26-27,29,32,47-48H,6-17,19-20,22,25,28,30-31,33-46H2,1-5H3,(H,52,54)/b21-18-,24-23-,27-26-,32-29-. The van der Waals surface area contributed by atoms with Crippen LogP contribution in [-0.2, 0) is 23.9 Å². The number of esters is 2. The van der Waals surface area contributed by atoms with E-state index < -0.39 is 6.04 Å². The van der Waals surface area contributed by atoms with Crippen LogP contribution >= 0.6 is 0 Å². The molecule has 1 amide bonds. The van der Waals surface area contributed by atoms with Gasteiger partial charge in [-0.15, -0.1) is 0 Å². The maximum absolute atomic E-state index is 13.5. The molecule has 0 aromatic rings. The third kappa shape index (κ3) is 40.1. The van der Waals surface area contributed by atoms with Gasteiger partial charge in [0, 0.05) is 12.8 Å². The number of unbranched alkanes of at least 4 members (excludes halogenated alkanes) is 18. The second-order valence-electron chi connectivity index (χ2n) is 16.7. The molecular formula is C51H92N2O5. The second-order valence-corrected chi connectivity index (χ2v) is 16.7. The molecule has 0 saturated heterocycles. The molecule has 0 spiro atoms. The first-order valence-corrected chi connectivity index (χ1v) is 24.2. The largest absolute Gasteiger partial charge is 0.463 e. The highest BCUT2D eigenvalue weighted by Gasteiger charge is 2.23. The Morgan fingerprint density at radius 1 is 0.500 bits per heavy atom. The molecule has 1 atom stereocenters. The Hall–Kier alpha value is -2.67. The second kappa shape index (κ2) is 43.9. The molecule has 0 fully saturated rings. The third-order valence-corrected chi connectivity index (χ3v) is 10.6. The zero-order valence-corrected chi connectivity index (χ0v) is 38.6. The summed E-state index contributed by atoms with van der Waals surface area (Å²) in [6.07, 6.45) is 49.8. The Morgan fingerprint density at radius 3 is 1.43 bits per heavy atom. The monoisotopic (exact) mass is 813 g/mol. The lowest BCUT2D eigenvalue weighted by atomic mass is 9.94. The summed E-state index contributed by atoms with van der Waals surface area (Å²) in [7, 11) is 3.97. The quantitative estimate of drug-likeness (QED) is 0.0375. The number of nitrogens with one attached hydrogen (secondary N) is 1. The molecule has 336 valence electrons. The van der Waals surface area contributed by atoms with Gasteiger partial charge in [-0.05, 0) is 84.8 Å². The van der Waals surface area contributed by atoms with Crippen molar-refractivity contribution >= 4 is 17.8 Å². The van der Waals surface area contributed by atoms with Crippen LogP contribution in [0.3, 0.4) is 0 Å². The van der Waals surface area contributed by atoms with Crippen molar-refractivity contribution in [2.24, 2.45) is 5.92 Å². The van der Waals surface area contributed by atoms with Crippen LogP contribution in [0.25, 0.3) is 0 Å². The van der Waals surface area contributed by atoms with Gasteiger partial charge in [-0.3, -0.25) is 14.4 Å². The number of carbonyl (C=O) groups excluding carboxylic acids is 3. The number of hydrogen-bond acceptors (Lipinski definition) is 6. The normalized spacial score (nSPS) is 12.6. The number of allylic oxidation sites excluding steroid dienone is 8. The van der Waals surface area contributed by atoms with E-state index in [0.717, 1.165) is 77.2 Å². The third-order valence-electron chi connectivity index (χ3n) is 10.6. The van der Waals surface area contributed by atoms with E-state index in [1.807, 2.05) is 14.1 Å². The van der Waals surface area contributed by atoms with E-state index in [9.17, 15) is 14.4 Å². The summed E-state index contributed by atoms with van der Waals surface area (Å²) in [5, 5.41) is 2.99. The average molecular weight is 813 g/mol. The smallest absolute Gasteiger partial charge is 0.309 e. The highest BCUT2D eigenvalue weighted by molar-refractivity contribution is 5.76. The van der Waals surface area contributed by atoms with Crippen LogP contribution in [0, 0.1) is 5.92 Å². The van der Waals surface area contributed by atoms with Gasteiger partial charge in [-0.2, -0.15) is 0 Å². The molecule has 0 bridgehead atoms. The van der Waals surface area contributed by atoms with Crippen molar-refractivity contribution in [3.8, 4) is 0 Å². The SMILES string of the molecule is CCCCC/C=C\C/C=C\C/C=C\C/C=C\CCCC(=O)OCC(COC(=O)C(CCCCCCCCCC)CCCCCCCCCC)NC(=O)CCCN(C)C. The van der Waals surface area contributed by atoms with E-state index in [2.05, 4.69) is 79.6 Å². The Bertz CT molecular complexity index is 1050. The number of ether oxygens (including phenoxy) is 2. The van der Waals surface area contributed by atoms with E-state index in [-0.39, 0.29) is 37.0 Å². The van der Waals surface area contributed by atoms with E-state index in [1.165, 1.54) is 103 Å². The van der Waals surface area contributed by atoms with Gasteiger partial charge in [0.15, 0.2) is 0 Å². The molecule has 0 aliphatic carbocycles. The molecule has 0 aliphatic rings. The number of nitrogens with zero attached hydrogens (tertiary/aromatic N) is 1. The van der Waals surface area contributed by atoms with Gasteiger partial charge >= 0.3 is 11.9 Å². The molecule has 0 heterocycles. The van der Waals surface area contributed by atoms with E-state index in [4.69, 9.17) is 9.47 Å². The van der Waals surface area contributed by atoms with Gasteiger partial charge in [0.2, 0.25) is 5.91 Å². The molecular weight excluding hydrogens is 721 g/mol. The minimum absolute atomic E-state index is 0.00338. The van der Waals surface area contributed by atoms with Gasteiger partial charge in [0.25, 0.3) is 0 Å². The summed E-state index contributed by atoms with van der Waals surface area (Å²) >= 11 is 0. The van der Waals surface area contributed by atoms with Crippen molar-refractivity contribution in [2.75, 3.05) is 33.9 Å². The zero-order valence-electron chi connectivity index (χ0n) is 38.6. The van der Waals surface area contributed by atoms with Crippen molar-refractivity contribution in [3.05, 3.63) is 48.6 Å². The predicted octanol–water partition coefficient (Wildman–Crippen LogP) is 13.7. The summed E-state index contributed by atoms with van der Waals surface area (Å²) in [5.41, 5.74) is 0. The molecule has 0 rings (SSSR count). The molecule has 0 aliphatic heterocycles. The highest BCUT2D eigenvalue weighted by atomic mass is 16.5. The first-order chi connectivity index (χ1) is 28.3. The number of hydrogen-bond donors (Lipinski definition) is 1. The van der Waals surface area contributed by atoms with Crippen LogP contribution < -0.4 is 5.32 Å². The molecule has 1 unspecified atom stereocenters. The summed E-state index contributed by atoms with van der Waals surface area (Å²) in [5.74, 6) is -0.717. The van der Waals surface area contributed by atoms with E-state index >= 15 is 0 Å². The Labute approximate surface area is 358 Å². The molecule has 0 aromatic carbocycles. The van der Waals surface area contributed by atoms with Crippen molar-refractivity contribution < 1.29 is 23.9 Å². The van der Waals surface area contributed by atoms with Crippen LogP contribution in [0.2, 0.25) is 0 Å². The fraction of sp³-hybridized carbons (Fsp3) is 0.784. The molecule has 7 nitrogen and oxygen atoms in total. The van der Waals surface area contributed by atoms with Crippen LogP contribution in [0.1, 0.15) is 213 Å². The minimum atomic E-state index is -0.569. The fourth-order valence-corrected chi connectivity index (χ4v) is 6.91. The molecule has 0 saturated carbocycles. The van der Waals surface area contributed by atoms with Gasteiger partial charge in [0.05, 0.1) is 12.0 Å². The summed E-state index contributed by atoms with van der Waals surface area (Å²) in [6.45, 7) is 7.55. The van der Waals surface area contributed by atoms with Crippen molar-refractivity contribution in [1.82, 2.24) is 10.2 Å². The molecule has 0 radical (unpaired) electrons. The Morgan fingerprint density at radius 2 is 0.931 bits per heavy atom. The van der Waals surface area contributed by atoms with E-state index in [0.29, 0.717) is 19.3 Å². The van der Waals surface area contributed by atoms with Crippen LogP contribution in [0.5, 0.6) is 0 Å². The van der Waals surface area contributed by atoms with Crippen LogP contribution in [-0.4, -0.2) is 62.6 Å². The van der Waals surface area contributed by atoms with E-state index in [1.54, 1.807) is 0 Å². The maximum atomic E-state index is 13.5. The summed E-state index contributed by atoms with van der Waals surface area (Å²) in [4.78, 5) is 41.1. The van der Waals surface area contributed by atoms with Crippen LogP contribution in [0.4, 0.5) is 0 Å². The fourth-order valence-electron chi connectivity index (χ4n) is 6.91. The number of carbonyl (C=O) groups is 3. The first-order valence-electron chi connectivity index (χ1n) is 24.2. The Kier molecular flexibility index (Phi) is 41.9. The average Bonchev–Trinajstić information content (AvgIpc) is 3.20. The summed E-state index contributed by atoms with van der Waals surface area (Å²) in [6, 6.07) is -0.569. The van der Waals surface area contributed by atoms with Crippen LogP contribution in [0.15, 0.2) is 48.6 Å². The Balaban J connectivity index is 4.89. The lowest BCUT2D eigenvalue weighted by Crippen LogP contribution is -2.43.